The molecule has 3 saturated carbocycles. The number of halogens is 1. The van der Waals surface area contributed by atoms with Crippen molar-refractivity contribution in [2.45, 2.75) is 110 Å². The van der Waals surface area contributed by atoms with Crippen molar-refractivity contribution in [2.24, 2.45) is 46.3 Å². The largest absolute Gasteiger partial charge is 0.389 e. The lowest BCUT2D eigenvalue weighted by Gasteiger charge is -2.59. The molecule has 0 heterocycles. The van der Waals surface area contributed by atoms with Gasteiger partial charge in [0.25, 0.3) is 0 Å². The fourth-order valence-electron chi connectivity index (χ4n) is 8.63. The van der Waals surface area contributed by atoms with Crippen molar-refractivity contribution >= 4 is 11.6 Å². The second-order valence-corrected chi connectivity index (χ2v) is 12.9. The molecule has 0 aromatic carbocycles. The van der Waals surface area contributed by atoms with E-state index in [0.29, 0.717) is 23.2 Å². The molecule has 0 radical (unpaired) electrons. The number of rotatable bonds is 5. The number of alkyl halides is 1. The number of hydrogen-bond donors (Lipinski definition) is 1. The van der Waals surface area contributed by atoms with Gasteiger partial charge < -0.3 is 5.11 Å². The van der Waals surface area contributed by atoms with Crippen LogP contribution in [0, 0.1) is 46.3 Å². The summed E-state index contributed by atoms with van der Waals surface area (Å²) in [6, 6.07) is 0. The molecular formula is C27H45ClO. The Morgan fingerprint density at radius 2 is 1.79 bits per heavy atom. The first kappa shape index (κ1) is 22.2. The van der Waals surface area contributed by atoms with Gasteiger partial charge in [-0.2, -0.15) is 0 Å². The minimum Gasteiger partial charge on any atom is -0.389 e. The van der Waals surface area contributed by atoms with Crippen LogP contribution in [0.25, 0.3) is 0 Å². The summed E-state index contributed by atoms with van der Waals surface area (Å²) in [7, 11) is 0. The average Bonchev–Trinajstić information content (AvgIpc) is 3.00. The third kappa shape index (κ3) is 3.75. The van der Waals surface area contributed by atoms with Gasteiger partial charge in [-0.15, -0.1) is 11.6 Å². The highest BCUT2D eigenvalue weighted by Crippen LogP contribution is 2.67. The van der Waals surface area contributed by atoms with Crippen LogP contribution in [-0.4, -0.2) is 16.6 Å². The lowest BCUT2D eigenvalue weighted by Crippen LogP contribution is -2.54. The summed E-state index contributed by atoms with van der Waals surface area (Å²) in [5, 5.41) is 11.6. The summed E-state index contributed by atoms with van der Waals surface area (Å²) in [4.78, 5) is 0. The van der Waals surface area contributed by atoms with Crippen LogP contribution in [0.5, 0.6) is 0 Å². The molecule has 0 amide bonds. The van der Waals surface area contributed by atoms with Gasteiger partial charge in [0.1, 0.15) is 0 Å². The van der Waals surface area contributed by atoms with E-state index in [9.17, 15) is 5.11 Å². The number of aliphatic hydroxyl groups excluding tert-OH is 1. The Morgan fingerprint density at radius 1 is 1.03 bits per heavy atom. The number of hydrogen-bond acceptors (Lipinski definition) is 1. The summed E-state index contributed by atoms with van der Waals surface area (Å²) in [5.41, 5.74) is 2.21. The molecule has 2 heteroatoms. The van der Waals surface area contributed by atoms with E-state index < -0.39 is 0 Å². The monoisotopic (exact) mass is 420 g/mol. The van der Waals surface area contributed by atoms with Crippen LogP contribution in [-0.2, 0) is 0 Å². The van der Waals surface area contributed by atoms with Crippen molar-refractivity contribution in [2.75, 3.05) is 0 Å². The minimum absolute atomic E-state index is 0.246. The average molecular weight is 421 g/mol. The fraction of sp³-hybridized carbons (Fsp3) is 0.926. The SMILES string of the molecule is CC(C)CCC[C@@H](C)[C@H]1CC[C@H]2[C@@H]3C(O)C=C4CC(Cl)CC[C@]4(C)[C@H]3CC[C@]12C. The van der Waals surface area contributed by atoms with Gasteiger partial charge in [0.15, 0.2) is 0 Å². The van der Waals surface area contributed by atoms with E-state index in [-0.39, 0.29) is 16.9 Å². The lowest BCUT2D eigenvalue weighted by molar-refractivity contribution is -0.0920. The molecule has 166 valence electrons. The zero-order valence-corrected chi connectivity index (χ0v) is 20.3. The molecule has 29 heavy (non-hydrogen) atoms. The van der Waals surface area contributed by atoms with E-state index in [1.165, 1.54) is 56.9 Å². The highest BCUT2D eigenvalue weighted by molar-refractivity contribution is 6.20. The van der Waals surface area contributed by atoms with Crippen molar-refractivity contribution < 1.29 is 5.11 Å². The molecule has 1 nitrogen and oxygen atoms in total. The van der Waals surface area contributed by atoms with Gasteiger partial charge in [-0.1, -0.05) is 65.5 Å². The van der Waals surface area contributed by atoms with E-state index in [2.05, 4.69) is 40.7 Å². The first-order valence-electron chi connectivity index (χ1n) is 12.7. The molecule has 1 N–H and O–H groups in total. The van der Waals surface area contributed by atoms with Crippen LogP contribution in [0.4, 0.5) is 0 Å². The molecule has 0 saturated heterocycles. The van der Waals surface area contributed by atoms with Crippen molar-refractivity contribution in [3.8, 4) is 0 Å². The molecule has 0 aliphatic heterocycles. The van der Waals surface area contributed by atoms with E-state index in [1.807, 2.05) is 0 Å². The first-order chi connectivity index (χ1) is 13.7. The van der Waals surface area contributed by atoms with Gasteiger partial charge in [-0.3, -0.25) is 0 Å². The zero-order chi connectivity index (χ0) is 21.0. The third-order valence-corrected chi connectivity index (χ3v) is 10.6. The molecule has 0 aromatic rings. The Balaban J connectivity index is 1.54. The maximum Gasteiger partial charge on any atom is 0.0757 e. The van der Waals surface area contributed by atoms with Crippen LogP contribution >= 0.6 is 11.6 Å². The standard InChI is InChI=1S/C27H45ClO/c1-17(2)7-6-8-18(3)21-9-10-22-25-23(12-14-27(21,22)5)26(4)13-11-20(28)15-19(26)16-24(25)29/h16-18,20-25,29H,6-15H2,1-5H3/t18-,20?,21-,22+,23+,24?,25+,26+,27-/m1/s1. The van der Waals surface area contributed by atoms with Gasteiger partial charge >= 0.3 is 0 Å². The fourth-order valence-corrected chi connectivity index (χ4v) is 8.90. The summed E-state index contributed by atoms with van der Waals surface area (Å²) in [6.07, 6.45) is 14.9. The highest BCUT2D eigenvalue weighted by Gasteiger charge is 2.61. The van der Waals surface area contributed by atoms with E-state index in [0.717, 1.165) is 30.6 Å². The van der Waals surface area contributed by atoms with Crippen molar-refractivity contribution in [3.05, 3.63) is 11.6 Å². The second-order valence-electron chi connectivity index (χ2n) is 12.3. The van der Waals surface area contributed by atoms with Crippen LogP contribution in [0.3, 0.4) is 0 Å². The van der Waals surface area contributed by atoms with Gasteiger partial charge in [0.2, 0.25) is 0 Å². The van der Waals surface area contributed by atoms with Crippen LogP contribution in [0.15, 0.2) is 11.6 Å². The quantitative estimate of drug-likeness (QED) is 0.358. The smallest absolute Gasteiger partial charge is 0.0757 e. The Morgan fingerprint density at radius 3 is 2.52 bits per heavy atom. The molecule has 4 rings (SSSR count). The Kier molecular flexibility index (Phi) is 6.24. The Bertz CT molecular complexity index is 626. The van der Waals surface area contributed by atoms with Crippen molar-refractivity contribution in [1.82, 2.24) is 0 Å². The van der Waals surface area contributed by atoms with Crippen LogP contribution < -0.4 is 0 Å². The molecule has 0 spiro atoms. The van der Waals surface area contributed by atoms with E-state index >= 15 is 0 Å². The van der Waals surface area contributed by atoms with Crippen molar-refractivity contribution in [1.29, 1.82) is 0 Å². The molecule has 0 aromatic heterocycles. The molecule has 0 bridgehead atoms. The lowest BCUT2D eigenvalue weighted by atomic mass is 9.46. The minimum atomic E-state index is -0.246. The highest BCUT2D eigenvalue weighted by atomic mass is 35.5. The number of aliphatic hydroxyl groups is 1. The van der Waals surface area contributed by atoms with Gasteiger partial charge in [0.05, 0.1) is 6.10 Å². The van der Waals surface area contributed by atoms with Crippen molar-refractivity contribution in [3.63, 3.8) is 0 Å². The predicted molar refractivity (Wildman–Crippen MR) is 124 cm³/mol. The predicted octanol–water partition coefficient (Wildman–Crippen LogP) is 7.61. The van der Waals surface area contributed by atoms with E-state index in [4.69, 9.17) is 11.6 Å². The molecular weight excluding hydrogens is 376 g/mol. The zero-order valence-electron chi connectivity index (χ0n) is 19.6. The molecule has 4 aliphatic rings. The molecule has 4 aliphatic carbocycles. The number of fused-ring (bicyclic) bond motifs is 5. The van der Waals surface area contributed by atoms with Crippen LogP contribution in [0.2, 0.25) is 0 Å². The van der Waals surface area contributed by atoms with Gasteiger partial charge in [0, 0.05) is 5.38 Å². The second kappa shape index (κ2) is 8.16. The maximum atomic E-state index is 11.3. The summed E-state index contributed by atoms with van der Waals surface area (Å²) in [5.74, 6) is 4.35. The third-order valence-electron chi connectivity index (χ3n) is 10.3. The van der Waals surface area contributed by atoms with E-state index in [1.54, 1.807) is 0 Å². The maximum absolute atomic E-state index is 11.3. The van der Waals surface area contributed by atoms with Gasteiger partial charge in [-0.25, -0.2) is 0 Å². The Labute approximate surface area is 185 Å². The number of allylic oxidation sites excluding steroid dienone is 1. The normalized spacial score (nSPS) is 47.9. The molecule has 9 atom stereocenters. The summed E-state index contributed by atoms with van der Waals surface area (Å²) < 4.78 is 0. The summed E-state index contributed by atoms with van der Waals surface area (Å²) in [6.45, 7) is 12.3. The molecule has 3 fully saturated rings. The topological polar surface area (TPSA) is 20.2 Å². The van der Waals surface area contributed by atoms with Crippen LogP contribution in [0.1, 0.15) is 98.8 Å². The molecule has 2 unspecified atom stereocenters. The summed E-state index contributed by atoms with van der Waals surface area (Å²) >= 11 is 6.53. The van der Waals surface area contributed by atoms with Gasteiger partial charge in [-0.05, 0) is 91.3 Å². The first-order valence-corrected chi connectivity index (χ1v) is 13.1. The Hall–Kier alpha value is -0.0100.